The molecule has 0 radical (unpaired) electrons. The van der Waals surface area contributed by atoms with Crippen molar-refractivity contribution in [2.75, 3.05) is 13.1 Å². The van der Waals surface area contributed by atoms with E-state index in [1.54, 1.807) is 11.0 Å². The average molecular weight is 284 g/mol. The molecule has 2 N–H and O–H groups in total. The second-order valence-electron chi connectivity index (χ2n) is 5.81. The van der Waals surface area contributed by atoms with Crippen LogP contribution in [-0.4, -0.2) is 41.1 Å². The van der Waals surface area contributed by atoms with Crippen LogP contribution < -0.4 is 5.32 Å². The van der Waals surface area contributed by atoms with Gasteiger partial charge in [-0.1, -0.05) is 19.9 Å². The summed E-state index contributed by atoms with van der Waals surface area (Å²) in [5.74, 6) is -0.448. The van der Waals surface area contributed by atoms with Crippen molar-refractivity contribution in [3.63, 3.8) is 0 Å². The van der Waals surface area contributed by atoms with E-state index >= 15 is 0 Å². The van der Waals surface area contributed by atoms with Crippen molar-refractivity contribution >= 4 is 12.0 Å². The van der Waals surface area contributed by atoms with E-state index in [0.29, 0.717) is 19.0 Å². The molecule has 0 aliphatic rings. The minimum atomic E-state index is -0.822. The SMILES string of the molecule is C=CCN(C(=O)NC[C@H](CC(=O)O)CC(C)C)C(C)C. The number of amides is 2. The molecule has 0 saturated heterocycles. The molecule has 0 fully saturated rings. The lowest BCUT2D eigenvalue weighted by Gasteiger charge is -2.27. The van der Waals surface area contributed by atoms with Crippen molar-refractivity contribution < 1.29 is 14.7 Å². The minimum absolute atomic E-state index is 0.0332. The van der Waals surface area contributed by atoms with Gasteiger partial charge in [-0.3, -0.25) is 4.79 Å². The molecule has 2 amide bonds. The van der Waals surface area contributed by atoms with E-state index in [9.17, 15) is 9.59 Å². The maximum Gasteiger partial charge on any atom is 0.317 e. The predicted octanol–water partition coefficient (Wildman–Crippen LogP) is 2.73. The van der Waals surface area contributed by atoms with Crippen LogP contribution in [0, 0.1) is 11.8 Å². The smallest absolute Gasteiger partial charge is 0.317 e. The van der Waals surface area contributed by atoms with E-state index in [1.807, 2.05) is 13.8 Å². The van der Waals surface area contributed by atoms with Crippen LogP contribution >= 0.6 is 0 Å². The highest BCUT2D eigenvalue weighted by molar-refractivity contribution is 5.74. The number of nitrogens with one attached hydrogen (secondary N) is 1. The first kappa shape index (κ1) is 18.5. The molecule has 0 aliphatic carbocycles. The van der Waals surface area contributed by atoms with Crippen molar-refractivity contribution in [2.45, 2.75) is 46.6 Å². The highest BCUT2D eigenvalue weighted by Crippen LogP contribution is 2.15. The molecular weight excluding hydrogens is 256 g/mol. The lowest BCUT2D eigenvalue weighted by molar-refractivity contribution is -0.138. The first-order valence-corrected chi connectivity index (χ1v) is 7.15. The van der Waals surface area contributed by atoms with Crippen LogP contribution in [0.5, 0.6) is 0 Å². The van der Waals surface area contributed by atoms with Gasteiger partial charge in [-0.15, -0.1) is 6.58 Å². The van der Waals surface area contributed by atoms with Gasteiger partial charge in [-0.25, -0.2) is 4.79 Å². The topological polar surface area (TPSA) is 69.6 Å². The van der Waals surface area contributed by atoms with Crippen molar-refractivity contribution in [2.24, 2.45) is 11.8 Å². The summed E-state index contributed by atoms with van der Waals surface area (Å²) < 4.78 is 0. The monoisotopic (exact) mass is 284 g/mol. The van der Waals surface area contributed by atoms with Gasteiger partial charge in [0.05, 0.1) is 0 Å². The van der Waals surface area contributed by atoms with Gasteiger partial charge in [0.15, 0.2) is 0 Å². The number of carboxylic acid groups (broad SMARTS) is 1. The summed E-state index contributed by atoms with van der Waals surface area (Å²) in [7, 11) is 0. The molecule has 0 unspecified atom stereocenters. The Labute approximate surface area is 122 Å². The molecule has 0 saturated carbocycles. The lowest BCUT2D eigenvalue weighted by atomic mass is 9.94. The third kappa shape index (κ3) is 7.81. The summed E-state index contributed by atoms with van der Waals surface area (Å²) in [5.41, 5.74) is 0. The standard InChI is InChI=1S/C15H28N2O3/c1-6-7-17(12(4)5)15(20)16-10-13(8-11(2)3)9-14(18)19/h6,11-13H,1,7-10H2,2-5H3,(H,16,20)(H,18,19)/t13-/m0/s1. The molecule has 5 nitrogen and oxygen atoms in total. The molecule has 0 heterocycles. The Morgan fingerprint density at radius 1 is 1.30 bits per heavy atom. The average Bonchev–Trinajstić information content (AvgIpc) is 2.30. The van der Waals surface area contributed by atoms with Crippen molar-refractivity contribution in [1.29, 1.82) is 0 Å². The van der Waals surface area contributed by atoms with Crippen LogP contribution in [0.2, 0.25) is 0 Å². The molecular formula is C15H28N2O3. The van der Waals surface area contributed by atoms with Gasteiger partial charge in [0.1, 0.15) is 0 Å². The molecule has 0 aromatic carbocycles. The van der Waals surface area contributed by atoms with Crippen LogP contribution in [0.25, 0.3) is 0 Å². The zero-order chi connectivity index (χ0) is 15.7. The van der Waals surface area contributed by atoms with Crippen LogP contribution in [0.4, 0.5) is 4.79 Å². The Bertz CT molecular complexity index is 327. The van der Waals surface area contributed by atoms with Crippen LogP contribution in [0.15, 0.2) is 12.7 Å². The fourth-order valence-corrected chi connectivity index (χ4v) is 2.15. The number of nitrogens with zero attached hydrogens (tertiary/aromatic N) is 1. The number of carbonyl (C=O) groups excluding carboxylic acids is 1. The first-order chi connectivity index (χ1) is 9.27. The molecule has 1 atom stereocenters. The Kier molecular flexibility index (Phi) is 8.68. The summed E-state index contributed by atoms with van der Waals surface area (Å²) in [6.45, 7) is 12.5. The highest BCUT2D eigenvalue weighted by atomic mass is 16.4. The fourth-order valence-electron chi connectivity index (χ4n) is 2.15. The summed E-state index contributed by atoms with van der Waals surface area (Å²) in [6, 6.07) is -0.0879. The van der Waals surface area contributed by atoms with Crippen molar-refractivity contribution in [3.05, 3.63) is 12.7 Å². The van der Waals surface area contributed by atoms with E-state index < -0.39 is 5.97 Å². The van der Waals surface area contributed by atoms with E-state index in [0.717, 1.165) is 6.42 Å². The molecule has 0 aromatic heterocycles. The van der Waals surface area contributed by atoms with Gasteiger partial charge < -0.3 is 15.3 Å². The van der Waals surface area contributed by atoms with Gasteiger partial charge in [0.25, 0.3) is 0 Å². The number of rotatable bonds is 9. The number of carboxylic acids is 1. The van der Waals surface area contributed by atoms with E-state index in [1.165, 1.54) is 0 Å². The number of urea groups is 1. The second-order valence-corrected chi connectivity index (χ2v) is 5.81. The summed E-state index contributed by atoms with van der Waals surface area (Å²) >= 11 is 0. The molecule has 5 heteroatoms. The van der Waals surface area contributed by atoms with Gasteiger partial charge in [0.2, 0.25) is 0 Å². The number of hydrogen-bond acceptors (Lipinski definition) is 2. The fraction of sp³-hybridized carbons (Fsp3) is 0.733. The summed E-state index contributed by atoms with van der Waals surface area (Å²) in [5, 5.41) is 11.7. The number of carbonyl (C=O) groups is 2. The Balaban J connectivity index is 4.46. The Morgan fingerprint density at radius 3 is 2.30 bits per heavy atom. The molecule has 20 heavy (non-hydrogen) atoms. The van der Waals surface area contributed by atoms with E-state index in [2.05, 4.69) is 25.7 Å². The summed E-state index contributed by atoms with van der Waals surface area (Å²) in [6.07, 6.45) is 2.56. The zero-order valence-corrected chi connectivity index (χ0v) is 13.1. The molecule has 0 spiro atoms. The van der Waals surface area contributed by atoms with Gasteiger partial charge >= 0.3 is 12.0 Å². The van der Waals surface area contributed by atoms with Crippen LogP contribution in [0.1, 0.15) is 40.5 Å². The second kappa shape index (κ2) is 9.39. The van der Waals surface area contributed by atoms with Crippen LogP contribution in [0.3, 0.4) is 0 Å². The maximum atomic E-state index is 12.1. The minimum Gasteiger partial charge on any atom is -0.481 e. The third-order valence-electron chi connectivity index (χ3n) is 3.02. The Morgan fingerprint density at radius 2 is 1.90 bits per heavy atom. The maximum absolute atomic E-state index is 12.1. The predicted molar refractivity (Wildman–Crippen MR) is 80.6 cm³/mol. The molecule has 0 bridgehead atoms. The lowest BCUT2D eigenvalue weighted by Crippen LogP contribution is -2.45. The third-order valence-corrected chi connectivity index (χ3v) is 3.02. The normalized spacial score (nSPS) is 12.3. The van der Waals surface area contributed by atoms with Crippen molar-refractivity contribution in [1.82, 2.24) is 10.2 Å². The zero-order valence-electron chi connectivity index (χ0n) is 13.1. The highest BCUT2D eigenvalue weighted by Gasteiger charge is 2.19. The number of hydrogen-bond donors (Lipinski definition) is 2. The van der Waals surface area contributed by atoms with Gasteiger partial charge in [0, 0.05) is 25.6 Å². The molecule has 116 valence electrons. The molecule has 0 aliphatic heterocycles. The van der Waals surface area contributed by atoms with Gasteiger partial charge in [-0.05, 0) is 32.1 Å². The van der Waals surface area contributed by atoms with E-state index in [4.69, 9.17) is 5.11 Å². The van der Waals surface area contributed by atoms with Gasteiger partial charge in [-0.2, -0.15) is 0 Å². The molecule has 0 aromatic rings. The van der Waals surface area contributed by atoms with Crippen molar-refractivity contribution in [3.8, 4) is 0 Å². The van der Waals surface area contributed by atoms with Crippen LogP contribution in [-0.2, 0) is 4.79 Å². The largest absolute Gasteiger partial charge is 0.481 e. The van der Waals surface area contributed by atoms with E-state index in [-0.39, 0.29) is 24.4 Å². The summed E-state index contributed by atoms with van der Waals surface area (Å²) in [4.78, 5) is 24.6. The Hall–Kier alpha value is -1.52. The first-order valence-electron chi connectivity index (χ1n) is 7.15. The molecule has 0 rings (SSSR count). The quantitative estimate of drug-likeness (QED) is 0.640. The number of aliphatic carboxylic acids is 1.